The summed E-state index contributed by atoms with van der Waals surface area (Å²) in [5.41, 5.74) is 1.12. The highest BCUT2D eigenvalue weighted by Gasteiger charge is 2.25. The third-order valence-corrected chi connectivity index (χ3v) is 2.92. The van der Waals surface area contributed by atoms with Gasteiger partial charge in [-0.1, -0.05) is 18.7 Å². The summed E-state index contributed by atoms with van der Waals surface area (Å²) >= 11 is 0. The highest BCUT2D eigenvalue weighted by atomic mass is 16.6. The van der Waals surface area contributed by atoms with Gasteiger partial charge in [-0.25, -0.2) is 9.59 Å². The molecule has 0 saturated carbocycles. The number of anilines is 1. The van der Waals surface area contributed by atoms with Gasteiger partial charge in [-0.15, -0.1) is 0 Å². The van der Waals surface area contributed by atoms with Crippen LogP contribution in [-0.4, -0.2) is 36.9 Å². The molecule has 6 heteroatoms. The largest absolute Gasteiger partial charge is 0.478 e. The van der Waals surface area contributed by atoms with E-state index in [-0.39, 0.29) is 18.8 Å². The molecule has 2 rings (SSSR count). The molecule has 1 aromatic carbocycles. The van der Waals surface area contributed by atoms with Crippen LogP contribution < -0.4 is 4.90 Å². The topological polar surface area (TPSA) is 76.1 Å². The van der Waals surface area contributed by atoms with E-state index in [9.17, 15) is 14.7 Å². The van der Waals surface area contributed by atoms with Crippen molar-refractivity contribution in [2.45, 2.75) is 6.61 Å². The number of ether oxygens (including phenoxy) is 2. The van der Waals surface area contributed by atoms with E-state index >= 15 is 0 Å². The fraction of sp³-hybridized carbons (Fsp3) is 0.286. The second-order valence-corrected chi connectivity index (χ2v) is 4.18. The van der Waals surface area contributed by atoms with Crippen LogP contribution in [0.25, 0.3) is 0 Å². The molecule has 1 N–H and O–H groups in total. The quantitative estimate of drug-likeness (QED) is 0.856. The molecule has 6 nitrogen and oxygen atoms in total. The zero-order valence-electron chi connectivity index (χ0n) is 10.9. The first-order valence-electron chi connectivity index (χ1n) is 6.13. The maximum atomic E-state index is 12.0. The van der Waals surface area contributed by atoms with Gasteiger partial charge >= 0.3 is 12.1 Å². The Hall–Kier alpha value is -2.34. The fourth-order valence-corrected chi connectivity index (χ4v) is 2.03. The summed E-state index contributed by atoms with van der Waals surface area (Å²) < 4.78 is 10.4. The normalized spacial score (nSPS) is 14.1. The van der Waals surface area contributed by atoms with Crippen LogP contribution in [0.2, 0.25) is 0 Å². The number of hydrogen-bond acceptors (Lipinski definition) is 4. The van der Waals surface area contributed by atoms with Gasteiger partial charge in [-0.05, 0) is 12.1 Å². The summed E-state index contributed by atoms with van der Waals surface area (Å²) in [5.74, 6) is -1.05. The minimum absolute atomic E-state index is 0.101. The van der Waals surface area contributed by atoms with Crippen LogP contribution in [0.1, 0.15) is 15.9 Å². The number of carbonyl (C=O) groups is 2. The minimum atomic E-state index is -1.05. The summed E-state index contributed by atoms with van der Waals surface area (Å²) in [4.78, 5) is 24.6. The number of rotatable bonds is 3. The molecule has 0 aliphatic carbocycles. The number of fused-ring (bicyclic) bond motifs is 1. The maximum Gasteiger partial charge on any atom is 0.414 e. The van der Waals surface area contributed by atoms with E-state index in [1.807, 2.05) is 0 Å². The van der Waals surface area contributed by atoms with Crippen LogP contribution in [-0.2, 0) is 16.1 Å². The lowest BCUT2D eigenvalue weighted by Gasteiger charge is -2.21. The van der Waals surface area contributed by atoms with Gasteiger partial charge in [0.2, 0.25) is 0 Å². The van der Waals surface area contributed by atoms with Gasteiger partial charge < -0.3 is 14.6 Å². The van der Waals surface area contributed by atoms with Crippen molar-refractivity contribution in [3.8, 4) is 0 Å². The third kappa shape index (κ3) is 2.80. The molecule has 0 radical (unpaired) electrons. The van der Waals surface area contributed by atoms with Crippen molar-refractivity contribution in [1.29, 1.82) is 0 Å². The first kappa shape index (κ1) is 14.1. The summed E-state index contributed by atoms with van der Waals surface area (Å²) in [6, 6.07) is 4.77. The van der Waals surface area contributed by atoms with Gasteiger partial charge in [-0.3, -0.25) is 4.90 Å². The van der Waals surface area contributed by atoms with Gasteiger partial charge in [-0.2, -0.15) is 0 Å². The molecule has 20 heavy (non-hydrogen) atoms. The zero-order chi connectivity index (χ0) is 14.5. The number of carboxylic acid groups (broad SMARTS) is 1. The average molecular weight is 277 g/mol. The lowest BCUT2D eigenvalue weighted by atomic mass is 10.1. The van der Waals surface area contributed by atoms with Crippen molar-refractivity contribution in [2.24, 2.45) is 0 Å². The van der Waals surface area contributed by atoms with Crippen molar-refractivity contribution in [3.63, 3.8) is 0 Å². The number of amides is 1. The molecule has 1 aliphatic heterocycles. The van der Waals surface area contributed by atoms with Crippen molar-refractivity contribution in [2.75, 3.05) is 24.7 Å². The van der Waals surface area contributed by atoms with Gasteiger partial charge in [0.05, 0.1) is 31.0 Å². The SMILES string of the molecule is C=CCOC(=O)N1CCOCc2c(C(=O)O)cccc21. The Kier molecular flexibility index (Phi) is 4.37. The van der Waals surface area contributed by atoms with E-state index in [4.69, 9.17) is 9.47 Å². The third-order valence-electron chi connectivity index (χ3n) is 2.92. The van der Waals surface area contributed by atoms with E-state index < -0.39 is 12.1 Å². The summed E-state index contributed by atoms with van der Waals surface area (Å²) in [5, 5.41) is 9.20. The Morgan fingerprint density at radius 2 is 2.30 bits per heavy atom. The number of hydrogen-bond donors (Lipinski definition) is 1. The summed E-state index contributed by atoms with van der Waals surface area (Å²) in [7, 11) is 0. The van der Waals surface area contributed by atoms with Gasteiger partial charge in [0, 0.05) is 5.56 Å². The van der Waals surface area contributed by atoms with Crippen LogP contribution in [0.3, 0.4) is 0 Å². The smallest absolute Gasteiger partial charge is 0.414 e. The Morgan fingerprint density at radius 3 is 3.00 bits per heavy atom. The molecule has 1 amide bonds. The second kappa shape index (κ2) is 6.21. The molecule has 0 bridgehead atoms. The lowest BCUT2D eigenvalue weighted by Crippen LogP contribution is -2.34. The molecule has 1 aliphatic rings. The molecule has 0 fully saturated rings. The first-order chi connectivity index (χ1) is 9.65. The number of aromatic carboxylic acids is 1. The van der Waals surface area contributed by atoms with Crippen molar-refractivity contribution >= 4 is 17.7 Å². The monoisotopic (exact) mass is 277 g/mol. The predicted molar refractivity (Wildman–Crippen MR) is 71.9 cm³/mol. The van der Waals surface area contributed by atoms with E-state index in [0.29, 0.717) is 24.4 Å². The van der Waals surface area contributed by atoms with Gasteiger partial charge in [0.15, 0.2) is 0 Å². The van der Waals surface area contributed by atoms with Gasteiger partial charge in [0.25, 0.3) is 0 Å². The van der Waals surface area contributed by atoms with E-state index in [0.717, 1.165) is 0 Å². The van der Waals surface area contributed by atoms with Crippen LogP contribution in [0, 0.1) is 0 Å². The maximum absolute atomic E-state index is 12.0. The van der Waals surface area contributed by atoms with Crippen molar-refractivity contribution < 1.29 is 24.2 Å². The number of benzene rings is 1. The molecule has 0 aromatic heterocycles. The Bertz CT molecular complexity index is 540. The van der Waals surface area contributed by atoms with E-state index in [1.165, 1.54) is 17.0 Å². The molecule has 0 atom stereocenters. The van der Waals surface area contributed by atoms with E-state index in [1.54, 1.807) is 12.1 Å². The molecule has 0 saturated heterocycles. The van der Waals surface area contributed by atoms with Crippen molar-refractivity contribution in [1.82, 2.24) is 0 Å². The fourth-order valence-electron chi connectivity index (χ4n) is 2.03. The molecule has 106 valence electrons. The average Bonchev–Trinajstić information content (AvgIpc) is 2.66. The number of carbonyl (C=O) groups excluding carboxylic acids is 1. The predicted octanol–water partition coefficient (Wildman–Crippen LogP) is 2.04. The molecule has 1 heterocycles. The molecule has 0 spiro atoms. The first-order valence-corrected chi connectivity index (χ1v) is 6.13. The summed E-state index contributed by atoms with van der Waals surface area (Å²) in [6.45, 7) is 4.36. The molecule has 1 aromatic rings. The highest BCUT2D eigenvalue weighted by Crippen LogP contribution is 2.27. The van der Waals surface area contributed by atoms with Crippen LogP contribution >= 0.6 is 0 Å². The highest BCUT2D eigenvalue weighted by molar-refractivity contribution is 5.95. The van der Waals surface area contributed by atoms with Crippen LogP contribution in [0.15, 0.2) is 30.9 Å². The van der Waals surface area contributed by atoms with Crippen LogP contribution in [0.5, 0.6) is 0 Å². The lowest BCUT2D eigenvalue weighted by molar-refractivity contribution is 0.0689. The van der Waals surface area contributed by atoms with Crippen molar-refractivity contribution in [3.05, 3.63) is 42.0 Å². The van der Waals surface area contributed by atoms with Crippen LogP contribution in [0.4, 0.5) is 10.5 Å². The Labute approximate surface area is 116 Å². The van der Waals surface area contributed by atoms with E-state index in [2.05, 4.69) is 6.58 Å². The summed E-state index contributed by atoms with van der Waals surface area (Å²) in [6.07, 6.45) is 0.931. The molecular weight excluding hydrogens is 262 g/mol. The number of carboxylic acids is 1. The number of nitrogens with zero attached hydrogens (tertiary/aromatic N) is 1. The second-order valence-electron chi connectivity index (χ2n) is 4.18. The molecule has 0 unspecified atom stereocenters. The minimum Gasteiger partial charge on any atom is -0.478 e. The zero-order valence-corrected chi connectivity index (χ0v) is 10.9. The Balaban J connectivity index is 2.39. The molecular formula is C14H15NO5. The van der Waals surface area contributed by atoms with Gasteiger partial charge in [0.1, 0.15) is 6.61 Å². The standard InChI is InChI=1S/C14H15NO5/c1-2-7-20-14(18)15-6-8-19-9-11-10(13(16)17)4-3-5-12(11)15/h2-5H,1,6-9H2,(H,16,17). The Morgan fingerprint density at radius 1 is 1.50 bits per heavy atom.